The summed E-state index contributed by atoms with van der Waals surface area (Å²) in [7, 11) is -0.950. The molecule has 1 atom stereocenters. The van der Waals surface area contributed by atoms with Crippen LogP contribution in [0.5, 0.6) is 0 Å². The second-order valence-electron chi connectivity index (χ2n) is 3.77. The zero-order valence-electron chi connectivity index (χ0n) is 8.25. The van der Waals surface area contributed by atoms with E-state index in [2.05, 4.69) is 16.9 Å². The third kappa shape index (κ3) is 1.41. The smallest absolute Gasteiger partial charge is 0.0783 e. The minimum Gasteiger partial charge on any atom is -0.321 e. The maximum Gasteiger partial charge on any atom is 0.0783 e. The van der Waals surface area contributed by atoms with E-state index in [1.54, 1.807) is 5.41 Å². The molecule has 0 amide bonds. The number of nitrogens with one attached hydrogen (secondary N) is 2. The predicted octanol–water partition coefficient (Wildman–Crippen LogP) is 1.64. The molecule has 1 aromatic rings. The fraction of sp³-hybridized carbons (Fsp3) is 0.273. The van der Waals surface area contributed by atoms with E-state index < -0.39 is 10.8 Å². The molecule has 4 heteroatoms. The lowest BCUT2D eigenvalue weighted by Gasteiger charge is -2.11. The first-order valence-corrected chi connectivity index (χ1v) is 6.31. The minimum atomic E-state index is -0.950. The molecule has 0 saturated heterocycles. The van der Waals surface area contributed by atoms with Gasteiger partial charge in [-0.25, -0.2) is 9.63 Å². The summed E-state index contributed by atoms with van der Waals surface area (Å²) in [4.78, 5) is 0.921. The normalized spacial score (nSPS) is 22.8. The number of aryl methyl sites for hydroxylation is 1. The molecule has 0 aliphatic carbocycles. The van der Waals surface area contributed by atoms with Crippen molar-refractivity contribution in [3.63, 3.8) is 0 Å². The number of fused-ring (bicyclic) bond motifs is 3. The Hall–Kier alpha value is -1.13. The molecule has 0 fully saturated rings. The first-order valence-electron chi connectivity index (χ1n) is 5.10. The summed E-state index contributed by atoms with van der Waals surface area (Å²) in [5.74, 6) is 0. The van der Waals surface area contributed by atoms with E-state index in [-0.39, 0.29) is 0 Å². The van der Waals surface area contributed by atoms with E-state index >= 15 is 0 Å². The van der Waals surface area contributed by atoms with Gasteiger partial charge in [0.15, 0.2) is 0 Å². The number of hydrogen-bond acceptors (Lipinski definition) is 3. The van der Waals surface area contributed by atoms with E-state index in [9.17, 15) is 4.21 Å². The van der Waals surface area contributed by atoms with Crippen LogP contribution in [0, 0.1) is 0 Å². The van der Waals surface area contributed by atoms with E-state index in [1.807, 2.05) is 12.1 Å². The maximum atomic E-state index is 11.6. The van der Waals surface area contributed by atoms with Crippen LogP contribution in [0.25, 0.3) is 6.08 Å². The molecule has 2 heterocycles. The monoisotopic (exact) mass is 220 g/mol. The van der Waals surface area contributed by atoms with Gasteiger partial charge in [0.05, 0.1) is 21.4 Å². The van der Waals surface area contributed by atoms with Crippen LogP contribution in [0.4, 0.5) is 5.69 Å². The van der Waals surface area contributed by atoms with Crippen molar-refractivity contribution in [3.05, 3.63) is 28.7 Å². The molecule has 0 saturated carbocycles. The lowest BCUT2D eigenvalue weighted by Crippen LogP contribution is -2.21. The Morgan fingerprint density at radius 2 is 2.27 bits per heavy atom. The van der Waals surface area contributed by atoms with Crippen molar-refractivity contribution in [1.29, 1.82) is 0 Å². The zero-order chi connectivity index (χ0) is 10.3. The van der Waals surface area contributed by atoms with E-state index in [1.165, 1.54) is 5.56 Å². The molecule has 78 valence electrons. The average molecular weight is 220 g/mol. The van der Waals surface area contributed by atoms with Crippen molar-refractivity contribution >= 4 is 22.6 Å². The fourth-order valence-corrected chi connectivity index (χ4v) is 3.06. The fourth-order valence-electron chi connectivity index (χ4n) is 2.06. The summed E-state index contributed by atoms with van der Waals surface area (Å²) in [6, 6.07) is 4.07. The van der Waals surface area contributed by atoms with E-state index in [0.717, 1.165) is 35.5 Å². The largest absolute Gasteiger partial charge is 0.321 e. The second kappa shape index (κ2) is 3.47. The van der Waals surface area contributed by atoms with Crippen molar-refractivity contribution in [2.45, 2.75) is 17.7 Å². The van der Waals surface area contributed by atoms with Crippen LogP contribution < -0.4 is 10.9 Å². The predicted molar refractivity (Wildman–Crippen MR) is 61.8 cm³/mol. The van der Waals surface area contributed by atoms with Crippen molar-refractivity contribution in [2.75, 3.05) is 12.0 Å². The Bertz CT molecular complexity index is 468. The standard InChI is InChI=1S/C11H12N2OS/c14-15-7-5-9-10(15)4-3-8-2-1-6-12-13-11(8)9/h3-5,7,12-13H,1-2,6H2. The Balaban J connectivity index is 2.18. The van der Waals surface area contributed by atoms with Gasteiger partial charge in [-0.2, -0.15) is 0 Å². The van der Waals surface area contributed by atoms with Gasteiger partial charge in [-0.1, -0.05) is 6.07 Å². The number of anilines is 1. The van der Waals surface area contributed by atoms with E-state index in [0.29, 0.717) is 0 Å². The van der Waals surface area contributed by atoms with Gasteiger partial charge in [0, 0.05) is 17.5 Å². The molecule has 2 aliphatic rings. The molecule has 3 rings (SSSR count). The maximum absolute atomic E-state index is 11.6. The van der Waals surface area contributed by atoms with Gasteiger partial charge in [-0.05, 0) is 30.5 Å². The first-order chi connectivity index (χ1) is 7.36. The lowest BCUT2D eigenvalue weighted by molar-refractivity contribution is 0.689. The van der Waals surface area contributed by atoms with Gasteiger partial charge in [-0.15, -0.1) is 0 Å². The Morgan fingerprint density at radius 3 is 3.20 bits per heavy atom. The van der Waals surface area contributed by atoms with Crippen LogP contribution in [0.2, 0.25) is 0 Å². The molecule has 0 aromatic heterocycles. The molecule has 3 nitrogen and oxygen atoms in total. The third-order valence-corrected chi connectivity index (χ3v) is 4.00. The van der Waals surface area contributed by atoms with Crippen LogP contribution in [-0.2, 0) is 17.2 Å². The van der Waals surface area contributed by atoms with Crippen LogP contribution in [0.1, 0.15) is 17.5 Å². The molecule has 1 aromatic carbocycles. The van der Waals surface area contributed by atoms with Gasteiger partial charge >= 0.3 is 0 Å². The summed E-state index contributed by atoms with van der Waals surface area (Å²) in [6.45, 7) is 0.969. The minimum absolute atomic E-state index is 0.921. The highest BCUT2D eigenvalue weighted by Crippen LogP contribution is 2.33. The Morgan fingerprint density at radius 1 is 1.33 bits per heavy atom. The molecular weight excluding hydrogens is 208 g/mol. The van der Waals surface area contributed by atoms with Gasteiger partial charge in [0.25, 0.3) is 0 Å². The van der Waals surface area contributed by atoms with Crippen LogP contribution in [0.3, 0.4) is 0 Å². The lowest BCUT2D eigenvalue weighted by atomic mass is 10.0. The summed E-state index contributed by atoms with van der Waals surface area (Å²) in [5.41, 5.74) is 9.87. The molecule has 0 bridgehead atoms. The van der Waals surface area contributed by atoms with Crippen molar-refractivity contribution in [2.24, 2.45) is 0 Å². The quantitative estimate of drug-likeness (QED) is 0.698. The van der Waals surface area contributed by atoms with Gasteiger partial charge in [0.1, 0.15) is 0 Å². The van der Waals surface area contributed by atoms with Crippen LogP contribution in [-0.4, -0.2) is 10.8 Å². The molecule has 0 spiro atoms. The Labute approximate surface area is 91.0 Å². The summed E-state index contributed by atoms with van der Waals surface area (Å²) < 4.78 is 11.6. The summed E-state index contributed by atoms with van der Waals surface area (Å²) in [5, 5.41) is 1.75. The zero-order valence-corrected chi connectivity index (χ0v) is 9.06. The molecular formula is C11H12N2OS. The number of hydrogen-bond donors (Lipinski definition) is 2. The molecule has 15 heavy (non-hydrogen) atoms. The molecule has 2 aliphatic heterocycles. The SMILES string of the molecule is O=S1C=Cc2c1ccc1c2NNCCC1. The number of benzene rings is 1. The highest BCUT2D eigenvalue weighted by molar-refractivity contribution is 7.88. The summed E-state index contributed by atoms with van der Waals surface area (Å²) >= 11 is 0. The second-order valence-corrected chi connectivity index (χ2v) is 5.07. The molecule has 0 radical (unpaired) electrons. The molecule has 1 unspecified atom stereocenters. The van der Waals surface area contributed by atoms with Crippen LogP contribution in [0.15, 0.2) is 22.4 Å². The van der Waals surface area contributed by atoms with Gasteiger partial charge in [0.2, 0.25) is 0 Å². The Kier molecular flexibility index (Phi) is 2.11. The number of hydrazine groups is 1. The van der Waals surface area contributed by atoms with Gasteiger partial charge < -0.3 is 5.43 Å². The van der Waals surface area contributed by atoms with Crippen molar-refractivity contribution < 1.29 is 4.21 Å². The topological polar surface area (TPSA) is 41.1 Å². The first kappa shape index (κ1) is 9.12. The highest BCUT2D eigenvalue weighted by Gasteiger charge is 2.19. The van der Waals surface area contributed by atoms with Crippen molar-refractivity contribution in [1.82, 2.24) is 5.43 Å². The highest BCUT2D eigenvalue weighted by atomic mass is 32.2. The summed E-state index contributed by atoms with van der Waals surface area (Å²) in [6.07, 6.45) is 4.15. The molecule has 2 N–H and O–H groups in total. The van der Waals surface area contributed by atoms with Gasteiger partial charge in [-0.3, -0.25) is 0 Å². The van der Waals surface area contributed by atoms with Crippen LogP contribution >= 0.6 is 0 Å². The number of rotatable bonds is 0. The van der Waals surface area contributed by atoms with E-state index in [4.69, 9.17) is 0 Å². The van der Waals surface area contributed by atoms with Crippen molar-refractivity contribution in [3.8, 4) is 0 Å². The third-order valence-electron chi connectivity index (χ3n) is 2.83. The average Bonchev–Trinajstić information content (AvgIpc) is 2.51.